The first-order valence-electron chi connectivity index (χ1n) is 6.25. The minimum atomic E-state index is -1.21. The summed E-state index contributed by atoms with van der Waals surface area (Å²) in [6.07, 6.45) is 0. The Kier molecular flexibility index (Phi) is 6.30. The zero-order chi connectivity index (χ0) is 12.9. The summed E-state index contributed by atoms with van der Waals surface area (Å²) in [6.45, 7) is 21.9. The first-order valence-corrected chi connectivity index (χ1v) is 13.2. The number of rotatable bonds is 2. The molecule has 0 aliphatic carbocycles. The molecule has 0 bridgehead atoms. The van der Waals surface area contributed by atoms with E-state index in [0.717, 1.165) is 0 Å². The van der Waals surface area contributed by atoms with E-state index in [0.29, 0.717) is 0 Å². The maximum absolute atomic E-state index is 2.48. The molecule has 1 aromatic carbocycles. The van der Waals surface area contributed by atoms with Crippen molar-refractivity contribution in [3.8, 4) is 0 Å². The van der Waals surface area contributed by atoms with E-state index in [1.807, 2.05) is 0 Å². The molecule has 0 nitrogen and oxygen atoms in total. The van der Waals surface area contributed by atoms with Crippen LogP contribution in [0.4, 0.5) is 0 Å². The summed E-state index contributed by atoms with van der Waals surface area (Å²) in [5.74, 6) is 0. The molecule has 0 spiro atoms. The summed E-state index contributed by atoms with van der Waals surface area (Å²) in [5, 5.41) is 3.53. The summed E-state index contributed by atoms with van der Waals surface area (Å²) in [5.41, 5.74) is 4.73. The van der Waals surface area contributed by atoms with E-state index in [2.05, 4.69) is 60.1 Å². The molecule has 1 rings (SSSR count). The summed E-state index contributed by atoms with van der Waals surface area (Å²) in [6, 6.07) is 0. The van der Waals surface area contributed by atoms with E-state index >= 15 is 0 Å². The van der Waals surface area contributed by atoms with Gasteiger partial charge in [-0.2, -0.15) is 27.1 Å². The van der Waals surface area contributed by atoms with E-state index in [1.54, 1.807) is 27.1 Å². The van der Waals surface area contributed by atoms with E-state index in [-0.39, 0.29) is 51.4 Å². The van der Waals surface area contributed by atoms with Crippen LogP contribution in [0.1, 0.15) is 16.7 Å². The van der Waals surface area contributed by atoms with Crippen molar-refractivity contribution in [3.63, 3.8) is 0 Å². The average Bonchev–Trinajstić information content (AvgIpc) is 2.27. The van der Waals surface area contributed by atoms with Gasteiger partial charge in [0.25, 0.3) is 0 Å². The van der Waals surface area contributed by atoms with Crippen LogP contribution in [-0.4, -0.2) is 16.1 Å². The van der Waals surface area contributed by atoms with Gasteiger partial charge in [-0.05, 0) is 0 Å². The van der Waals surface area contributed by atoms with Crippen LogP contribution in [0.15, 0.2) is 0 Å². The van der Waals surface area contributed by atoms with Crippen molar-refractivity contribution >= 4 is 26.5 Å². The van der Waals surface area contributed by atoms with Gasteiger partial charge in [0.1, 0.15) is 0 Å². The quantitative estimate of drug-likeness (QED) is 0.547. The topological polar surface area (TPSA) is 0 Å². The molecule has 17 heavy (non-hydrogen) atoms. The summed E-state index contributed by atoms with van der Waals surface area (Å²) in [4.78, 5) is 0. The fraction of sp³-hybridized carbons (Fsp3) is 0.643. The summed E-state index contributed by atoms with van der Waals surface area (Å²) >= 11 is 0. The first kappa shape index (κ1) is 18.4. The zero-order valence-corrected chi connectivity index (χ0v) is 18.6. The van der Waals surface area contributed by atoms with Gasteiger partial charge >= 0.3 is 51.4 Å². The molecule has 0 heterocycles. The van der Waals surface area contributed by atoms with Crippen LogP contribution in [0.25, 0.3) is 0 Å². The van der Waals surface area contributed by atoms with Gasteiger partial charge in [-0.1, -0.05) is 60.1 Å². The molecule has 0 aliphatic heterocycles. The monoisotopic (exact) mass is 290 g/mol. The zero-order valence-electron chi connectivity index (χ0n) is 13.5. The predicted octanol–water partition coefficient (Wildman–Crippen LogP) is 0.425. The maximum Gasteiger partial charge on any atom is 1.00 e. The Bertz CT molecular complexity index is 366. The number of hydrogen-bond donors (Lipinski definition) is 0. The second-order valence-corrected chi connectivity index (χ2v) is 17.1. The van der Waals surface area contributed by atoms with Crippen LogP contribution < -0.4 is 61.8 Å². The predicted molar refractivity (Wildman–Crippen MR) is 82.2 cm³/mol. The SMILES string of the molecule is Cc1c([Si](C)(C)C)c([Si](C)(C)C)[c-](C)c1C.[K+]. The van der Waals surface area contributed by atoms with Gasteiger partial charge in [0.05, 0.1) is 8.07 Å². The fourth-order valence-electron chi connectivity index (χ4n) is 2.91. The van der Waals surface area contributed by atoms with Crippen LogP contribution in [0.3, 0.4) is 0 Å². The molecular weight excluding hydrogens is 263 g/mol. The van der Waals surface area contributed by atoms with Gasteiger partial charge in [0.15, 0.2) is 0 Å². The van der Waals surface area contributed by atoms with Crippen molar-refractivity contribution in [1.29, 1.82) is 0 Å². The van der Waals surface area contributed by atoms with Gasteiger partial charge in [-0.25, -0.2) is 0 Å². The van der Waals surface area contributed by atoms with Gasteiger partial charge in [-0.15, -0.1) is 0 Å². The van der Waals surface area contributed by atoms with Crippen LogP contribution in [-0.2, 0) is 0 Å². The molecule has 0 unspecified atom stereocenters. The van der Waals surface area contributed by atoms with E-state index < -0.39 is 16.1 Å². The third kappa shape index (κ3) is 3.71. The molecule has 0 radical (unpaired) electrons. The third-order valence-electron chi connectivity index (χ3n) is 3.62. The smallest absolute Gasteiger partial charge is 0.199 e. The molecular formula is C14H27KSi2. The Balaban J connectivity index is 0.00000256. The molecule has 0 aliphatic rings. The Morgan fingerprint density at radius 2 is 1.24 bits per heavy atom. The third-order valence-corrected chi connectivity index (χ3v) is 8.12. The van der Waals surface area contributed by atoms with Crippen LogP contribution in [0.5, 0.6) is 0 Å². The van der Waals surface area contributed by atoms with Crippen LogP contribution in [0, 0.1) is 20.8 Å². The molecule has 0 saturated heterocycles. The van der Waals surface area contributed by atoms with Gasteiger partial charge in [0, 0.05) is 8.07 Å². The Labute approximate surface area is 152 Å². The summed E-state index contributed by atoms with van der Waals surface area (Å²) in [7, 11) is -2.42. The minimum Gasteiger partial charge on any atom is -0.199 e. The Hall–Kier alpha value is 1.42. The second-order valence-electron chi connectivity index (χ2n) is 7.12. The molecule has 0 atom stereocenters. The molecule has 0 amide bonds. The van der Waals surface area contributed by atoms with E-state index in [4.69, 9.17) is 0 Å². The Morgan fingerprint density at radius 1 is 0.824 bits per heavy atom. The van der Waals surface area contributed by atoms with Gasteiger partial charge in [0.2, 0.25) is 0 Å². The standard InChI is InChI=1S/C14H27Si2.K/c1-10-11(2)13(15(4,5)6)14(12(10)3)16(7,8)9;/h1-9H3;/q-1;+1. The second kappa shape index (κ2) is 5.82. The van der Waals surface area contributed by atoms with Crippen molar-refractivity contribution in [2.75, 3.05) is 0 Å². The van der Waals surface area contributed by atoms with Gasteiger partial charge < -0.3 is 0 Å². The largest absolute Gasteiger partial charge is 1.00 e. The van der Waals surface area contributed by atoms with E-state index in [1.165, 1.54) is 0 Å². The average molecular weight is 291 g/mol. The van der Waals surface area contributed by atoms with E-state index in [9.17, 15) is 0 Å². The van der Waals surface area contributed by atoms with Crippen molar-refractivity contribution < 1.29 is 51.4 Å². The van der Waals surface area contributed by atoms with Crippen molar-refractivity contribution in [2.24, 2.45) is 0 Å². The van der Waals surface area contributed by atoms with Gasteiger partial charge in [-0.3, -0.25) is 0 Å². The molecule has 0 saturated carbocycles. The molecule has 1 aromatic rings. The van der Waals surface area contributed by atoms with Crippen molar-refractivity contribution in [2.45, 2.75) is 60.1 Å². The van der Waals surface area contributed by atoms with Crippen molar-refractivity contribution in [1.82, 2.24) is 0 Å². The fourth-order valence-corrected chi connectivity index (χ4v) is 9.66. The molecule has 0 aromatic heterocycles. The van der Waals surface area contributed by atoms with Crippen molar-refractivity contribution in [3.05, 3.63) is 16.7 Å². The normalized spacial score (nSPS) is 12.5. The Morgan fingerprint density at radius 3 is 1.47 bits per heavy atom. The minimum absolute atomic E-state index is 0. The molecule has 0 N–H and O–H groups in total. The number of hydrogen-bond acceptors (Lipinski definition) is 0. The summed E-state index contributed by atoms with van der Waals surface area (Å²) < 4.78 is 0. The molecule has 92 valence electrons. The van der Waals surface area contributed by atoms with Crippen LogP contribution >= 0.6 is 0 Å². The maximum atomic E-state index is 2.48. The first-order chi connectivity index (χ1) is 6.98. The molecule has 3 heteroatoms. The van der Waals surface area contributed by atoms with Crippen LogP contribution in [0.2, 0.25) is 39.3 Å². The molecule has 0 fully saturated rings.